The zero-order chi connectivity index (χ0) is 23.9. The van der Waals surface area contributed by atoms with Gasteiger partial charge in [-0.2, -0.15) is 0 Å². The van der Waals surface area contributed by atoms with Crippen molar-refractivity contribution in [3.63, 3.8) is 0 Å². The van der Waals surface area contributed by atoms with Crippen LogP contribution in [0.2, 0.25) is 0 Å². The number of pyridine rings is 1. The van der Waals surface area contributed by atoms with E-state index in [0.29, 0.717) is 17.2 Å². The fourth-order valence-corrected chi connectivity index (χ4v) is 4.10. The number of aromatic nitrogens is 1. The summed E-state index contributed by atoms with van der Waals surface area (Å²) in [5.41, 5.74) is 7.75. The first kappa shape index (κ1) is 23.1. The Labute approximate surface area is 198 Å². The highest BCUT2D eigenvalue weighted by atomic mass is 16.5. The molecule has 3 N–H and O–H groups in total. The van der Waals surface area contributed by atoms with Gasteiger partial charge in [0.25, 0.3) is 5.91 Å². The number of piperidine rings is 1. The second kappa shape index (κ2) is 10.7. The van der Waals surface area contributed by atoms with Gasteiger partial charge in [0.05, 0.1) is 12.8 Å². The fraction of sp³-hybridized carbons (Fsp3) is 0.269. The van der Waals surface area contributed by atoms with Crippen LogP contribution in [0.4, 0.5) is 11.4 Å². The van der Waals surface area contributed by atoms with Crippen molar-refractivity contribution in [3.05, 3.63) is 60.4 Å². The average Bonchev–Trinajstić information content (AvgIpc) is 2.87. The number of anilines is 2. The molecule has 176 valence electrons. The van der Waals surface area contributed by atoms with E-state index in [1.54, 1.807) is 36.7 Å². The highest BCUT2D eigenvalue weighted by Crippen LogP contribution is 2.33. The monoisotopic (exact) mass is 460 g/mol. The highest BCUT2D eigenvalue weighted by Gasteiger charge is 2.15. The van der Waals surface area contributed by atoms with Gasteiger partial charge in [-0.3, -0.25) is 14.6 Å². The molecule has 3 aromatic rings. The first-order valence-corrected chi connectivity index (χ1v) is 11.2. The summed E-state index contributed by atoms with van der Waals surface area (Å²) >= 11 is 0. The summed E-state index contributed by atoms with van der Waals surface area (Å²) in [5, 5.41) is 4.95. The second-order valence-electron chi connectivity index (χ2n) is 8.09. The van der Waals surface area contributed by atoms with Crippen LogP contribution in [0.1, 0.15) is 24.8 Å². The van der Waals surface area contributed by atoms with Crippen molar-refractivity contribution < 1.29 is 19.1 Å². The Morgan fingerprint density at radius 3 is 2.68 bits per heavy atom. The zero-order valence-corrected chi connectivity index (χ0v) is 19.1. The smallest absolute Gasteiger partial charge is 0.255 e. The van der Waals surface area contributed by atoms with E-state index in [1.165, 1.54) is 38.1 Å². The molecule has 0 unspecified atom stereocenters. The SMILES string of the molecule is COc1cc(C=CC(=O)Nc2ccc(N3CCCCC3)c3ccncc23)ccc1OCC(N)=O. The standard InChI is InChI=1S/C26H28N4O4/c1-33-24-15-18(5-9-23(24)34-17-25(27)31)6-10-26(32)29-21-7-8-22(30-13-3-2-4-14-30)19-11-12-28-16-20(19)21/h5-12,15-16H,2-4,13-14,17H2,1H3,(H2,27,31)(H,29,32). The van der Waals surface area contributed by atoms with Crippen molar-refractivity contribution in [1.82, 2.24) is 4.98 Å². The van der Waals surface area contributed by atoms with E-state index < -0.39 is 5.91 Å². The summed E-state index contributed by atoms with van der Waals surface area (Å²) in [5.74, 6) is 0.00289. The Kier molecular flexibility index (Phi) is 7.27. The number of rotatable bonds is 8. The quantitative estimate of drug-likeness (QED) is 0.496. The summed E-state index contributed by atoms with van der Waals surface area (Å²) in [4.78, 5) is 30.3. The minimum absolute atomic E-state index is 0.243. The van der Waals surface area contributed by atoms with Gasteiger partial charge in [0.1, 0.15) is 0 Å². The molecule has 8 nitrogen and oxygen atoms in total. The number of hydrogen-bond donors (Lipinski definition) is 2. The van der Waals surface area contributed by atoms with E-state index in [-0.39, 0.29) is 12.5 Å². The van der Waals surface area contributed by atoms with Crippen LogP contribution in [0.3, 0.4) is 0 Å². The summed E-state index contributed by atoms with van der Waals surface area (Å²) in [6, 6.07) is 11.1. The predicted octanol–water partition coefficient (Wildman–Crippen LogP) is 3.75. The molecule has 2 heterocycles. The number of nitrogens with one attached hydrogen (secondary N) is 1. The van der Waals surface area contributed by atoms with E-state index in [1.807, 2.05) is 12.1 Å². The molecule has 1 saturated heterocycles. The van der Waals surface area contributed by atoms with E-state index in [0.717, 1.165) is 29.4 Å². The van der Waals surface area contributed by atoms with Crippen LogP contribution >= 0.6 is 0 Å². The summed E-state index contributed by atoms with van der Waals surface area (Å²) in [6.07, 6.45) is 10.4. The molecule has 1 aromatic heterocycles. The summed E-state index contributed by atoms with van der Waals surface area (Å²) in [7, 11) is 1.50. The van der Waals surface area contributed by atoms with E-state index in [9.17, 15) is 9.59 Å². The van der Waals surface area contributed by atoms with Crippen LogP contribution in [0, 0.1) is 0 Å². The average molecular weight is 461 g/mol. The predicted molar refractivity (Wildman–Crippen MR) is 133 cm³/mol. The number of primary amides is 1. The molecule has 0 atom stereocenters. The van der Waals surface area contributed by atoms with Crippen LogP contribution in [0.15, 0.2) is 54.9 Å². The second-order valence-corrected chi connectivity index (χ2v) is 8.09. The van der Waals surface area contributed by atoms with Gasteiger partial charge in [-0.15, -0.1) is 0 Å². The Morgan fingerprint density at radius 2 is 1.91 bits per heavy atom. The molecule has 34 heavy (non-hydrogen) atoms. The number of amides is 2. The maximum atomic E-state index is 12.7. The van der Waals surface area contributed by atoms with Gasteiger partial charge in [-0.25, -0.2) is 0 Å². The Balaban J connectivity index is 1.50. The normalized spacial score (nSPS) is 13.7. The third-order valence-electron chi connectivity index (χ3n) is 5.73. The van der Waals surface area contributed by atoms with Gasteiger partial charge in [0.15, 0.2) is 18.1 Å². The van der Waals surface area contributed by atoms with Crippen LogP contribution < -0.4 is 25.4 Å². The van der Waals surface area contributed by atoms with Crippen LogP contribution in [-0.4, -0.2) is 43.6 Å². The molecule has 0 aliphatic carbocycles. The fourth-order valence-electron chi connectivity index (χ4n) is 4.10. The molecule has 1 fully saturated rings. The molecule has 1 aliphatic rings. The lowest BCUT2D eigenvalue weighted by atomic mass is 10.1. The molecule has 0 radical (unpaired) electrons. The summed E-state index contributed by atoms with van der Waals surface area (Å²) < 4.78 is 10.6. The molecule has 8 heteroatoms. The van der Waals surface area contributed by atoms with Gasteiger partial charge in [-0.05, 0) is 61.2 Å². The Bertz CT molecular complexity index is 1220. The number of carbonyl (C=O) groups excluding carboxylic acids is 2. The third kappa shape index (κ3) is 5.46. The summed E-state index contributed by atoms with van der Waals surface area (Å²) in [6.45, 7) is 1.84. The molecule has 0 bridgehead atoms. The molecule has 0 saturated carbocycles. The van der Waals surface area contributed by atoms with Crippen molar-refractivity contribution in [2.75, 3.05) is 37.0 Å². The van der Waals surface area contributed by atoms with Crippen molar-refractivity contribution in [2.24, 2.45) is 5.73 Å². The minimum atomic E-state index is -0.575. The van der Waals surface area contributed by atoms with Crippen molar-refractivity contribution in [3.8, 4) is 11.5 Å². The first-order chi connectivity index (χ1) is 16.5. The van der Waals surface area contributed by atoms with E-state index >= 15 is 0 Å². The van der Waals surface area contributed by atoms with Gasteiger partial charge < -0.3 is 25.4 Å². The lowest BCUT2D eigenvalue weighted by Gasteiger charge is -2.30. The van der Waals surface area contributed by atoms with Crippen molar-refractivity contribution in [2.45, 2.75) is 19.3 Å². The van der Waals surface area contributed by atoms with Crippen LogP contribution in [0.25, 0.3) is 16.8 Å². The molecule has 1 aliphatic heterocycles. The lowest BCUT2D eigenvalue weighted by Crippen LogP contribution is -2.29. The van der Waals surface area contributed by atoms with Gasteiger partial charge in [0.2, 0.25) is 5.91 Å². The molecule has 2 aromatic carbocycles. The number of hydrogen-bond acceptors (Lipinski definition) is 6. The third-order valence-corrected chi connectivity index (χ3v) is 5.73. The lowest BCUT2D eigenvalue weighted by molar-refractivity contribution is -0.120. The number of nitrogens with two attached hydrogens (primary N) is 1. The molecule has 4 rings (SSSR count). The topological polar surface area (TPSA) is 107 Å². The maximum absolute atomic E-state index is 12.7. The zero-order valence-electron chi connectivity index (χ0n) is 19.1. The Morgan fingerprint density at radius 1 is 1.09 bits per heavy atom. The largest absolute Gasteiger partial charge is 0.493 e. The minimum Gasteiger partial charge on any atom is -0.493 e. The van der Waals surface area contributed by atoms with Crippen LogP contribution in [0.5, 0.6) is 11.5 Å². The molecular formula is C26H28N4O4. The molecule has 0 spiro atoms. The van der Waals surface area contributed by atoms with E-state index in [2.05, 4.69) is 21.3 Å². The maximum Gasteiger partial charge on any atom is 0.255 e. The highest BCUT2D eigenvalue weighted by molar-refractivity contribution is 6.10. The first-order valence-electron chi connectivity index (χ1n) is 11.2. The number of methoxy groups -OCH3 is 1. The molecule has 2 amide bonds. The number of benzene rings is 2. The van der Waals surface area contributed by atoms with Crippen LogP contribution in [-0.2, 0) is 9.59 Å². The van der Waals surface area contributed by atoms with Gasteiger partial charge in [0, 0.05) is 48.0 Å². The van der Waals surface area contributed by atoms with Gasteiger partial charge in [-0.1, -0.05) is 6.07 Å². The number of carbonyl (C=O) groups is 2. The van der Waals surface area contributed by atoms with Crippen molar-refractivity contribution in [1.29, 1.82) is 0 Å². The van der Waals surface area contributed by atoms with Gasteiger partial charge >= 0.3 is 0 Å². The number of fused-ring (bicyclic) bond motifs is 1. The van der Waals surface area contributed by atoms with E-state index in [4.69, 9.17) is 15.2 Å². The molecular weight excluding hydrogens is 432 g/mol. The van der Waals surface area contributed by atoms with Crippen molar-refractivity contribution >= 4 is 40.0 Å². The Hall–Kier alpha value is -4.07. The number of ether oxygens (including phenoxy) is 2. The number of nitrogens with zero attached hydrogens (tertiary/aromatic N) is 2.